The molecule has 1 aromatic rings. The molecule has 0 aliphatic heterocycles. The number of nitrogens with zero attached hydrogens (tertiary/aromatic N) is 3. The summed E-state index contributed by atoms with van der Waals surface area (Å²) in [4.78, 5) is 15.9. The lowest BCUT2D eigenvalue weighted by Crippen LogP contribution is -2.59. The molecule has 4 fully saturated rings. The molecule has 102 valence electrons. The summed E-state index contributed by atoms with van der Waals surface area (Å²) in [5, 5.41) is 14.1. The number of halogens is 1. The van der Waals surface area contributed by atoms with Gasteiger partial charge in [0.2, 0.25) is 4.73 Å². The molecule has 0 amide bonds. The summed E-state index contributed by atoms with van der Waals surface area (Å²) in [6, 6.07) is 0. The normalized spacial score (nSPS) is 43.6. The average molecular weight is 326 g/mol. The lowest BCUT2D eigenvalue weighted by Gasteiger charge is -2.60. The van der Waals surface area contributed by atoms with Gasteiger partial charge < -0.3 is 5.11 Å². The molecule has 19 heavy (non-hydrogen) atoms. The van der Waals surface area contributed by atoms with Crippen LogP contribution in [0.3, 0.4) is 0 Å². The van der Waals surface area contributed by atoms with E-state index in [1.165, 1.54) is 6.42 Å². The van der Waals surface area contributed by atoms with Gasteiger partial charge in [-0.25, -0.2) is 9.67 Å². The molecule has 6 heteroatoms. The second-order valence-corrected chi connectivity index (χ2v) is 7.44. The fraction of sp³-hybridized carbons (Fsp3) is 0.769. The molecule has 0 spiro atoms. The molecule has 0 radical (unpaired) electrons. The Morgan fingerprint density at radius 2 is 2.05 bits per heavy atom. The van der Waals surface area contributed by atoms with E-state index in [4.69, 9.17) is 0 Å². The van der Waals surface area contributed by atoms with E-state index in [1.54, 1.807) is 6.33 Å². The maximum Gasteiger partial charge on any atom is 0.309 e. The Labute approximate surface area is 119 Å². The van der Waals surface area contributed by atoms with Gasteiger partial charge >= 0.3 is 5.97 Å². The maximum absolute atomic E-state index is 11.8. The van der Waals surface area contributed by atoms with E-state index >= 15 is 0 Å². The van der Waals surface area contributed by atoms with E-state index < -0.39 is 11.4 Å². The van der Waals surface area contributed by atoms with E-state index in [2.05, 4.69) is 26.0 Å². The molecule has 1 N–H and O–H groups in total. The van der Waals surface area contributed by atoms with Gasteiger partial charge in [-0.2, -0.15) is 0 Å². The lowest BCUT2D eigenvalue weighted by atomic mass is 9.47. The van der Waals surface area contributed by atoms with Crippen molar-refractivity contribution in [3.8, 4) is 0 Å². The smallest absolute Gasteiger partial charge is 0.309 e. The van der Waals surface area contributed by atoms with E-state index in [9.17, 15) is 9.90 Å². The molecule has 1 aromatic heterocycles. The van der Waals surface area contributed by atoms with Crippen LogP contribution in [-0.4, -0.2) is 25.8 Å². The largest absolute Gasteiger partial charge is 0.481 e. The minimum absolute atomic E-state index is 0.110. The molecule has 1 heterocycles. The van der Waals surface area contributed by atoms with Crippen LogP contribution in [0.25, 0.3) is 0 Å². The molecular weight excluding hydrogens is 310 g/mol. The van der Waals surface area contributed by atoms with E-state index in [0.29, 0.717) is 16.6 Å². The number of hydrogen-bond donors (Lipinski definition) is 1. The first-order valence-electron chi connectivity index (χ1n) is 6.82. The van der Waals surface area contributed by atoms with Gasteiger partial charge in [-0.05, 0) is 66.3 Å². The molecule has 2 atom stereocenters. The predicted octanol–water partition coefficient (Wildman–Crippen LogP) is 2.42. The number of carboxylic acid groups (broad SMARTS) is 1. The third-order valence-corrected chi connectivity index (χ3v) is 5.80. The van der Waals surface area contributed by atoms with Crippen molar-refractivity contribution >= 4 is 21.9 Å². The third kappa shape index (κ3) is 1.55. The molecule has 0 aromatic carbocycles. The van der Waals surface area contributed by atoms with Gasteiger partial charge in [-0.1, -0.05) is 0 Å². The first-order chi connectivity index (χ1) is 9.01. The standard InChI is InChI=1S/C13H16BrN3O2/c14-11-15-7-17(16-11)13-4-8-1-9(5-13)3-12(2-8,6-13)10(18)19/h7-9H,1-6H2,(H,18,19)/t8-,9-,12?,13?/m0/s1. The predicted molar refractivity (Wildman–Crippen MR) is 70.4 cm³/mol. The highest BCUT2D eigenvalue weighted by atomic mass is 79.9. The summed E-state index contributed by atoms with van der Waals surface area (Å²) in [5.41, 5.74) is -0.621. The van der Waals surface area contributed by atoms with Crippen LogP contribution < -0.4 is 0 Å². The second kappa shape index (κ2) is 3.59. The van der Waals surface area contributed by atoms with E-state index in [0.717, 1.165) is 32.1 Å². The summed E-state index contributed by atoms with van der Waals surface area (Å²) in [7, 11) is 0. The van der Waals surface area contributed by atoms with Crippen molar-refractivity contribution in [2.45, 2.75) is 44.1 Å². The van der Waals surface area contributed by atoms with Crippen LogP contribution >= 0.6 is 15.9 Å². The van der Waals surface area contributed by atoms with Crippen LogP contribution in [0.2, 0.25) is 0 Å². The van der Waals surface area contributed by atoms with Gasteiger partial charge in [-0.3, -0.25) is 4.79 Å². The van der Waals surface area contributed by atoms with Crippen LogP contribution in [0.5, 0.6) is 0 Å². The highest BCUT2D eigenvalue weighted by molar-refractivity contribution is 9.10. The van der Waals surface area contributed by atoms with Crippen molar-refractivity contribution < 1.29 is 9.90 Å². The molecule has 0 saturated heterocycles. The lowest BCUT2D eigenvalue weighted by molar-refractivity contribution is -0.173. The molecule has 4 saturated carbocycles. The topological polar surface area (TPSA) is 68.0 Å². The fourth-order valence-electron chi connectivity index (χ4n) is 5.20. The van der Waals surface area contributed by atoms with Crippen molar-refractivity contribution in [2.24, 2.45) is 17.3 Å². The van der Waals surface area contributed by atoms with Crippen molar-refractivity contribution in [1.82, 2.24) is 14.8 Å². The molecule has 4 bridgehead atoms. The molecule has 5 rings (SSSR count). The Morgan fingerprint density at radius 3 is 2.58 bits per heavy atom. The molecule has 5 nitrogen and oxygen atoms in total. The Balaban J connectivity index is 1.80. The average Bonchev–Trinajstić information content (AvgIpc) is 2.74. The van der Waals surface area contributed by atoms with Crippen LogP contribution in [0.4, 0.5) is 0 Å². The van der Waals surface area contributed by atoms with Gasteiger partial charge in [0.15, 0.2) is 0 Å². The van der Waals surface area contributed by atoms with E-state index in [-0.39, 0.29) is 5.54 Å². The second-order valence-electron chi connectivity index (χ2n) is 6.73. The summed E-state index contributed by atoms with van der Waals surface area (Å²) in [6.45, 7) is 0. The van der Waals surface area contributed by atoms with Gasteiger partial charge in [0.1, 0.15) is 6.33 Å². The number of aromatic nitrogens is 3. The zero-order chi connectivity index (χ0) is 13.3. The van der Waals surface area contributed by atoms with Gasteiger partial charge in [0.05, 0.1) is 11.0 Å². The summed E-state index contributed by atoms with van der Waals surface area (Å²) >= 11 is 3.29. The number of hydrogen-bond acceptors (Lipinski definition) is 3. The maximum atomic E-state index is 11.8. The van der Waals surface area contributed by atoms with Crippen molar-refractivity contribution in [2.75, 3.05) is 0 Å². The Hall–Kier alpha value is -0.910. The van der Waals surface area contributed by atoms with Crippen LogP contribution in [0, 0.1) is 17.3 Å². The molecule has 4 aliphatic rings. The number of carboxylic acids is 1. The van der Waals surface area contributed by atoms with Crippen LogP contribution in [-0.2, 0) is 10.3 Å². The molecular formula is C13H16BrN3O2. The van der Waals surface area contributed by atoms with Gasteiger partial charge in [0, 0.05) is 0 Å². The highest BCUT2D eigenvalue weighted by Crippen LogP contribution is 2.64. The summed E-state index contributed by atoms with van der Waals surface area (Å²) in [6.07, 6.45) is 7.52. The number of aliphatic carboxylic acids is 1. The van der Waals surface area contributed by atoms with Gasteiger partial charge in [0.25, 0.3) is 0 Å². The van der Waals surface area contributed by atoms with Crippen LogP contribution in [0.1, 0.15) is 38.5 Å². The Bertz CT molecular complexity index is 542. The van der Waals surface area contributed by atoms with E-state index in [1.807, 2.05) is 4.68 Å². The van der Waals surface area contributed by atoms with Crippen molar-refractivity contribution in [1.29, 1.82) is 0 Å². The number of rotatable bonds is 2. The zero-order valence-electron chi connectivity index (χ0n) is 10.5. The molecule has 4 aliphatic carbocycles. The monoisotopic (exact) mass is 325 g/mol. The Morgan fingerprint density at radius 1 is 1.37 bits per heavy atom. The zero-order valence-corrected chi connectivity index (χ0v) is 12.1. The SMILES string of the molecule is O=C(O)C12C[C@@H]3C[C@@H](C1)CC(n1cnc(Br)n1)(C3)C2. The van der Waals surface area contributed by atoms with Crippen molar-refractivity contribution in [3.05, 3.63) is 11.1 Å². The fourth-order valence-corrected chi connectivity index (χ4v) is 5.47. The third-order valence-electron chi connectivity index (χ3n) is 5.43. The summed E-state index contributed by atoms with van der Waals surface area (Å²) in [5.74, 6) is 0.478. The first kappa shape index (κ1) is 11.9. The summed E-state index contributed by atoms with van der Waals surface area (Å²) < 4.78 is 2.53. The van der Waals surface area contributed by atoms with Crippen molar-refractivity contribution in [3.63, 3.8) is 0 Å². The van der Waals surface area contributed by atoms with Crippen LogP contribution in [0.15, 0.2) is 11.1 Å². The van der Waals surface area contributed by atoms with Gasteiger partial charge in [-0.15, -0.1) is 5.10 Å². The molecule has 0 unspecified atom stereocenters. The Kier molecular flexibility index (Phi) is 2.25. The highest BCUT2D eigenvalue weighted by Gasteiger charge is 2.62. The quantitative estimate of drug-likeness (QED) is 0.906. The first-order valence-corrected chi connectivity index (χ1v) is 7.62. The number of carbonyl (C=O) groups is 1. The minimum atomic E-state index is -0.606. The minimum Gasteiger partial charge on any atom is -0.481 e.